The molecule has 0 spiro atoms. The van der Waals surface area contributed by atoms with Gasteiger partial charge in [0.05, 0.1) is 19.2 Å². The molecule has 1 heterocycles. The molecule has 1 saturated heterocycles. The van der Waals surface area contributed by atoms with Crippen LogP contribution in [-0.4, -0.2) is 25.9 Å². The van der Waals surface area contributed by atoms with Crippen molar-refractivity contribution >= 4 is 11.6 Å². The van der Waals surface area contributed by atoms with Crippen LogP contribution in [0, 0.1) is 0 Å². The van der Waals surface area contributed by atoms with E-state index in [0.717, 1.165) is 19.4 Å². The number of hydrogen-bond acceptors (Lipinski definition) is 4. The Hall–Kier alpha value is -1.13. The fraction of sp³-hybridized carbons (Fsp3) is 0.500. The minimum Gasteiger partial charge on any atom is -0.507 e. The first-order valence-electron chi connectivity index (χ1n) is 5.55. The van der Waals surface area contributed by atoms with Gasteiger partial charge in [0.25, 0.3) is 0 Å². The summed E-state index contributed by atoms with van der Waals surface area (Å²) in [6, 6.07) is 1.63. The smallest absolute Gasteiger partial charge is 0.180 e. The predicted octanol–water partition coefficient (Wildman–Crippen LogP) is 2.49. The van der Waals surface area contributed by atoms with Crippen molar-refractivity contribution < 1.29 is 14.6 Å². The Morgan fingerprint density at radius 1 is 1.41 bits per heavy atom. The molecule has 2 rings (SSSR count). The van der Waals surface area contributed by atoms with E-state index >= 15 is 0 Å². The average molecular weight is 258 g/mol. The number of phenols is 1. The molecule has 4 nitrogen and oxygen atoms in total. The van der Waals surface area contributed by atoms with E-state index in [1.165, 1.54) is 14.2 Å². The Labute approximate surface area is 105 Å². The van der Waals surface area contributed by atoms with Crippen molar-refractivity contribution in [3.8, 4) is 17.2 Å². The Bertz CT molecular complexity index is 417. The third kappa shape index (κ3) is 2.15. The Morgan fingerprint density at radius 2 is 2.18 bits per heavy atom. The second-order valence-corrected chi connectivity index (χ2v) is 4.39. The largest absolute Gasteiger partial charge is 0.507 e. The first-order chi connectivity index (χ1) is 8.19. The zero-order valence-electron chi connectivity index (χ0n) is 9.92. The number of phenolic OH excluding ortho intramolecular Hbond substituents is 1. The second kappa shape index (κ2) is 5.02. The SMILES string of the molecule is COc1cc(O)c(C2CCCN2)c(Cl)c1OC. The number of hydrogen-bond donors (Lipinski definition) is 2. The number of aromatic hydroxyl groups is 1. The fourth-order valence-electron chi connectivity index (χ4n) is 2.21. The maximum atomic E-state index is 10.0. The van der Waals surface area contributed by atoms with E-state index in [1.807, 2.05) is 0 Å². The summed E-state index contributed by atoms with van der Waals surface area (Å²) in [4.78, 5) is 0. The minimum atomic E-state index is 0.0855. The van der Waals surface area contributed by atoms with Crippen molar-refractivity contribution in [2.24, 2.45) is 0 Å². The van der Waals surface area contributed by atoms with Gasteiger partial charge in [0.2, 0.25) is 0 Å². The molecule has 0 aliphatic carbocycles. The van der Waals surface area contributed by atoms with Gasteiger partial charge in [-0.1, -0.05) is 11.6 Å². The van der Waals surface area contributed by atoms with Crippen LogP contribution in [-0.2, 0) is 0 Å². The highest BCUT2D eigenvalue weighted by Crippen LogP contribution is 2.46. The maximum Gasteiger partial charge on any atom is 0.180 e. The number of rotatable bonds is 3. The van der Waals surface area contributed by atoms with Gasteiger partial charge in [0.15, 0.2) is 11.5 Å². The lowest BCUT2D eigenvalue weighted by Gasteiger charge is -2.18. The van der Waals surface area contributed by atoms with Crippen LogP contribution in [0.2, 0.25) is 5.02 Å². The van der Waals surface area contributed by atoms with Gasteiger partial charge in [0.1, 0.15) is 5.75 Å². The summed E-state index contributed by atoms with van der Waals surface area (Å²) in [5.74, 6) is 1.06. The van der Waals surface area contributed by atoms with E-state index in [1.54, 1.807) is 6.07 Å². The van der Waals surface area contributed by atoms with Crippen molar-refractivity contribution in [2.75, 3.05) is 20.8 Å². The third-order valence-corrected chi connectivity index (χ3v) is 3.41. The lowest BCUT2D eigenvalue weighted by molar-refractivity contribution is 0.349. The molecule has 1 aliphatic rings. The quantitative estimate of drug-likeness (QED) is 0.874. The highest BCUT2D eigenvalue weighted by Gasteiger charge is 2.26. The average Bonchev–Trinajstić information content (AvgIpc) is 2.82. The van der Waals surface area contributed by atoms with Gasteiger partial charge in [-0.2, -0.15) is 0 Å². The topological polar surface area (TPSA) is 50.7 Å². The molecule has 1 aliphatic heterocycles. The molecule has 0 saturated carbocycles. The van der Waals surface area contributed by atoms with Crippen LogP contribution in [0.4, 0.5) is 0 Å². The Morgan fingerprint density at radius 3 is 2.71 bits per heavy atom. The molecule has 0 bridgehead atoms. The molecule has 17 heavy (non-hydrogen) atoms. The summed E-state index contributed by atoms with van der Waals surface area (Å²) in [6.45, 7) is 0.939. The Kier molecular flexibility index (Phi) is 3.64. The van der Waals surface area contributed by atoms with Crippen LogP contribution >= 0.6 is 11.6 Å². The summed E-state index contributed by atoms with van der Waals surface area (Å²) in [5, 5.41) is 13.7. The van der Waals surface area contributed by atoms with E-state index in [9.17, 15) is 5.11 Å². The summed E-state index contributed by atoms with van der Waals surface area (Å²) in [5.41, 5.74) is 0.696. The van der Waals surface area contributed by atoms with E-state index in [0.29, 0.717) is 22.1 Å². The van der Waals surface area contributed by atoms with Gasteiger partial charge in [-0.3, -0.25) is 0 Å². The molecular weight excluding hydrogens is 242 g/mol. The van der Waals surface area contributed by atoms with Crippen molar-refractivity contribution in [3.05, 3.63) is 16.7 Å². The number of nitrogens with one attached hydrogen (secondary N) is 1. The molecule has 1 aromatic rings. The van der Waals surface area contributed by atoms with Gasteiger partial charge >= 0.3 is 0 Å². The lowest BCUT2D eigenvalue weighted by Crippen LogP contribution is -2.14. The summed E-state index contributed by atoms with van der Waals surface area (Å²) in [6.07, 6.45) is 2.04. The van der Waals surface area contributed by atoms with Gasteiger partial charge in [-0.15, -0.1) is 0 Å². The molecule has 1 fully saturated rings. The Balaban J connectivity index is 2.51. The van der Waals surface area contributed by atoms with Crippen LogP contribution in [0.5, 0.6) is 17.2 Å². The molecule has 94 valence electrons. The van der Waals surface area contributed by atoms with Crippen LogP contribution in [0.25, 0.3) is 0 Å². The zero-order chi connectivity index (χ0) is 12.4. The lowest BCUT2D eigenvalue weighted by atomic mass is 10.0. The normalized spacial score (nSPS) is 19.4. The van der Waals surface area contributed by atoms with E-state index in [2.05, 4.69) is 5.32 Å². The van der Waals surface area contributed by atoms with Gasteiger partial charge in [0, 0.05) is 17.7 Å². The van der Waals surface area contributed by atoms with Crippen molar-refractivity contribution in [1.82, 2.24) is 5.32 Å². The fourth-order valence-corrected chi connectivity index (χ4v) is 2.61. The van der Waals surface area contributed by atoms with Crippen molar-refractivity contribution in [1.29, 1.82) is 0 Å². The zero-order valence-corrected chi connectivity index (χ0v) is 10.7. The van der Waals surface area contributed by atoms with Gasteiger partial charge in [-0.25, -0.2) is 0 Å². The molecule has 2 N–H and O–H groups in total. The number of halogens is 1. The highest BCUT2D eigenvalue weighted by molar-refractivity contribution is 6.33. The monoisotopic (exact) mass is 257 g/mol. The highest BCUT2D eigenvalue weighted by atomic mass is 35.5. The van der Waals surface area contributed by atoms with Crippen LogP contribution in [0.1, 0.15) is 24.4 Å². The summed E-state index contributed by atoms with van der Waals surface area (Å²) >= 11 is 6.27. The summed E-state index contributed by atoms with van der Waals surface area (Å²) in [7, 11) is 3.05. The van der Waals surface area contributed by atoms with Gasteiger partial charge in [-0.05, 0) is 19.4 Å². The summed E-state index contributed by atoms with van der Waals surface area (Å²) < 4.78 is 10.4. The molecular formula is C12H16ClNO3. The molecule has 0 radical (unpaired) electrons. The maximum absolute atomic E-state index is 10.0. The van der Waals surface area contributed by atoms with Gasteiger partial charge < -0.3 is 19.9 Å². The molecule has 1 aromatic carbocycles. The molecule has 1 atom stereocenters. The van der Waals surface area contributed by atoms with Crippen LogP contribution < -0.4 is 14.8 Å². The van der Waals surface area contributed by atoms with Crippen LogP contribution in [0.15, 0.2) is 6.07 Å². The molecule has 0 aromatic heterocycles. The molecule has 0 amide bonds. The number of ether oxygens (including phenoxy) is 2. The second-order valence-electron chi connectivity index (χ2n) is 4.01. The van der Waals surface area contributed by atoms with Crippen molar-refractivity contribution in [2.45, 2.75) is 18.9 Å². The number of methoxy groups -OCH3 is 2. The first-order valence-corrected chi connectivity index (χ1v) is 5.93. The standard InChI is InChI=1S/C12H16ClNO3/c1-16-9-6-8(15)10(7-4-3-5-14-7)11(13)12(9)17-2/h6-7,14-15H,3-5H2,1-2H3. The minimum absolute atomic E-state index is 0.0855. The predicted molar refractivity (Wildman–Crippen MR) is 66.2 cm³/mol. The van der Waals surface area contributed by atoms with Crippen LogP contribution in [0.3, 0.4) is 0 Å². The third-order valence-electron chi connectivity index (χ3n) is 3.04. The molecule has 5 heteroatoms. The first kappa shape index (κ1) is 12.3. The van der Waals surface area contributed by atoms with E-state index in [4.69, 9.17) is 21.1 Å². The van der Waals surface area contributed by atoms with Crippen molar-refractivity contribution in [3.63, 3.8) is 0 Å². The molecule has 1 unspecified atom stereocenters. The number of benzene rings is 1. The van der Waals surface area contributed by atoms with E-state index in [-0.39, 0.29) is 11.8 Å². The van der Waals surface area contributed by atoms with E-state index < -0.39 is 0 Å².